The fraction of sp³-hybridized carbons (Fsp3) is 0.520. The van der Waals surface area contributed by atoms with Gasteiger partial charge in [0.2, 0.25) is 0 Å². The minimum atomic E-state index is -0.545. The number of hydrogen-bond acceptors (Lipinski definition) is 10. The zero-order valence-corrected chi connectivity index (χ0v) is 26.5. The molecule has 0 radical (unpaired) electrons. The first-order valence-corrected chi connectivity index (χ1v) is 12.8. The second-order valence-corrected chi connectivity index (χ2v) is 9.58. The third-order valence-electron chi connectivity index (χ3n) is 4.25. The van der Waals surface area contributed by atoms with Crippen molar-refractivity contribution in [2.75, 3.05) is 32.5 Å². The van der Waals surface area contributed by atoms with Crippen LogP contribution < -0.4 is 20.4 Å². The first-order valence-electron chi connectivity index (χ1n) is 11.7. The van der Waals surface area contributed by atoms with Crippen molar-refractivity contribution in [1.29, 1.82) is 0 Å². The minimum absolute atomic E-state index is 0. The Morgan fingerprint density at radius 2 is 0.975 bits per heavy atom. The van der Waals surface area contributed by atoms with E-state index < -0.39 is 22.1 Å². The van der Waals surface area contributed by atoms with Crippen LogP contribution >= 0.6 is 23.2 Å². The van der Waals surface area contributed by atoms with E-state index in [0.717, 1.165) is 0 Å². The summed E-state index contributed by atoms with van der Waals surface area (Å²) in [5.74, 6) is -0.531. The van der Waals surface area contributed by atoms with Crippen LogP contribution in [-0.2, 0) is 34.8 Å². The van der Waals surface area contributed by atoms with Gasteiger partial charge in [0.05, 0.1) is 15.2 Å². The number of halogens is 2. The first kappa shape index (κ1) is 42.4. The number of nitrogens with zero attached hydrogens (tertiary/aromatic N) is 4. The van der Waals surface area contributed by atoms with Crippen molar-refractivity contribution in [1.82, 2.24) is 9.80 Å². The summed E-state index contributed by atoms with van der Waals surface area (Å²) in [6.07, 6.45) is -0.833. The van der Waals surface area contributed by atoms with Crippen molar-refractivity contribution < 1.29 is 52.0 Å². The van der Waals surface area contributed by atoms with E-state index in [9.17, 15) is 40.7 Å². The molecule has 40 heavy (non-hydrogen) atoms. The van der Waals surface area contributed by atoms with Crippen LogP contribution in [-0.4, -0.2) is 64.4 Å². The zero-order chi connectivity index (χ0) is 30.7. The van der Waals surface area contributed by atoms with E-state index in [2.05, 4.69) is 0 Å². The molecule has 0 saturated carbocycles. The number of nitro benzene ring substituents is 2. The van der Waals surface area contributed by atoms with Gasteiger partial charge in [-0.15, -0.1) is 46.9 Å². The molecule has 0 aliphatic heterocycles. The van der Waals surface area contributed by atoms with Crippen LogP contribution in [0.4, 0.5) is 11.4 Å². The Bertz CT molecular complexity index is 920. The van der Waals surface area contributed by atoms with Gasteiger partial charge in [-0.3, -0.25) is 20.2 Å². The van der Waals surface area contributed by atoms with Gasteiger partial charge in [-0.05, 0) is 25.2 Å². The normalized spacial score (nSPS) is 10.1. The molecule has 0 bridgehead atoms. The smallest absolute Gasteiger partial charge is 0.872 e. The van der Waals surface area contributed by atoms with Crippen molar-refractivity contribution in [2.45, 2.75) is 53.0 Å². The van der Waals surface area contributed by atoms with Crippen molar-refractivity contribution in [3.05, 3.63) is 67.8 Å². The molecule has 2 aromatic rings. The van der Waals surface area contributed by atoms with Gasteiger partial charge in [-0.1, -0.05) is 39.8 Å². The molecular weight excluding hydrogens is 603 g/mol. The van der Waals surface area contributed by atoms with Gasteiger partial charge in [0.1, 0.15) is 0 Å². The predicted molar refractivity (Wildman–Crippen MR) is 145 cm³/mol. The maximum Gasteiger partial charge on any atom is 4.00 e. The number of hydrogen-bond donors (Lipinski definition) is 0. The van der Waals surface area contributed by atoms with Crippen LogP contribution in [0.1, 0.15) is 38.8 Å². The van der Waals surface area contributed by atoms with Crippen molar-refractivity contribution in [3.8, 4) is 11.5 Å². The van der Waals surface area contributed by atoms with E-state index in [1.807, 2.05) is 9.80 Å². The molecule has 0 fully saturated rings. The number of benzene rings is 2. The number of non-ortho nitro benzene ring substituents is 2. The molecule has 2 aromatic carbocycles. The maximum absolute atomic E-state index is 11.9. The summed E-state index contributed by atoms with van der Waals surface area (Å²) < 4.78 is 0. The Labute approximate surface area is 260 Å². The van der Waals surface area contributed by atoms with E-state index in [4.69, 9.17) is 23.2 Å². The Balaban J connectivity index is -0.000000976. The Morgan fingerprint density at radius 3 is 1.20 bits per heavy atom. The van der Waals surface area contributed by atoms with Crippen LogP contribution in [0.2, 0.25) is 0 Å². The SMILES string of the molecule is CC(C)[O-].CC(C)[O-].CN(CCN(C)Cc1cc([N+](=O)[O-])ccc1[O-])Cc1cc([N+](=O)[O-])ccc1[O-].ClCCl.[Ti+4]. The number of alkyl halides is 2. The Morgan fingerprint density at radius 1 is 0.725 bits per heavy atom. The fourth-order valence-corrected chi connectivity index (χ4v) is 2.69. The zero-order valence-electron chi connectivity index (χ0n) is 23.5. The average Bonchev–Trinajstić information content (AvgIpc) is 2.80. The Kier molecular flexibility index (Phi) is 25.1. The van der Waals surface area contributed by atoms with E-state index >= 15 is 0 Å². The second-order valence-electron chi connectivity index (χ2n) is 8.77. The van der Waals surface area contributed by atoms with Gasteiger partial charge in [0.25, 0.3) is 11.4 Å². The molecule has 0 aliphatic rings. The van der Waals surface area contributed by atoms with Crippen LogP contribution in [0.5, 0.6) is 11.5 Å². The molecule has 0 aromatic heterocycles. The molecule has 0 heterocycles. The summed E-state index contributed by atoms with van der Waals surface area (Å²) in [5.41, 5.74) is 0.405. The predicted octanol–water partition coefficient (Wildman–Crippen LogP) is 2.14. The molecule has 222 valence electrons. The number of rotatable bonds is 9. The summed E-state index contributed by atoms with van der Waals surface area (Å²) in [6, 6.07) is 7.28. The summed E-state index contributed by atoms with van der Waals surface area (Å²) in [5, 5.41) is 64.7. The quantitative estimate of drug-likeness (QED) is 0.170. The van der Waals surface area contributed by atoms with E-state index in [0.29, 0.717) is 24.2 Å². The summed E-state index contributed by atoms with van der Waals surface area (Å²) in [7, 11) is 3.55. The summed E-state index contributed by atoms with van der Waals surface area (Å²) in [4.78, 5) is 24.3. The van der Waals surface area contributed by atoms with E-state index in [-0.39, 0.29) is 63.0 Å². The molecule has 2 rings (SSSR count). The standard InChI is InChI=1S/C18H22N4O6.2C3H7O.CH2Cl2.Ti/c1-19(11-13-9-15(21(25)26)3-5-17(13)23)7-8-20(2)12-14-10-16(22(27)28)4-6-18(14)24;2*1-3(2)4;2-1-3;/h3-6,9-10,23-24H,7-8,11-12H2,1-2H3;2*3H,1-2H3;1H2;/q;2*-1;;+4/p-2. The van der Waals surface area contributed by atoms with Gasteiger partial charge >= 0.3 is 21.7 Å². The molecule has 0 saturated heterocycles. The van der Waals surface area contributed by atoms with Crippen LogP contribution in [0, 0.1) is 20.2 Å². The van der Waals surface area contributed by atoms with Gasteiger partial charge < -0.3 is 30.2 Å². The maximum atomic E-state index is 11.9. The second kappa shape index (κ2) is 23.7. The van der Waals surface area contributed by atoms with Gasteiger partial charge in [-0.2, -0.15) is 0 Å². The molecule has 0 unspecified atom stereocenters. The molecule has 0 amide bonds. The molecule has 12 nitrogen and oxygen atoms in total. The number of likely N-dealkylation sites (N-methyl/N-ethyl adjacent to an activating group) is 2. The monoisotopic (exact) mass is 638 g/mol. The molecular formula is C25H36Cl2N4O8Ti. The van der Waals surface area contributed by atoms with E-state index in [1.54, 1.807) is 41.8 Å². The van der Waals surface area contributed by atoms with Crippen molar-refractivity contribution in [2.24, 2.45) is 0 Å². The van der Waals surface area contributed by atoms with Gasteiger partial charge in [0.15, 0.2) is 0 Å². The third-order valence-corrected chi connectivity index (χ3v) is 4.25. The van der Waals surface area contributed by atoms with Gasteiger partial charge in [0, 0.05) is 50.4 Å². The first-order chi connectivity index (χ1) is 18.0. The minimum Gasteiger partial charge on any atom is -0.872 e. The van der Waals surface area contributed by atoms with Crippen molar-refractivity contribution in [3.63, 3.8) is 0 Å². The summed E-state index contributed by atoms with van der Waals surface area (Å²) >= 11 is 9.53. The largest absolute Gasteiger partial charge is 4.00 e. The average molecular weight is 639 g/mol. The number of nitro groups is 2. The summed E-state index contributed by atoms with van der Waals surface area (Å²) in [6.45, 7) is 8.00. The molecule has 0 spiro atoms. The van der Waals surface area contributed by atoms with Crippen LogP contribution in [0.25, 0.3) is 0 Å². The Hall–Kier alpha value is -2.03. The van der Waals surface area contributed by atoms with Gasteiger partial charge in [-0.25, -0.2) is 0 Å². The third kappa shape index (κ3) is 21.8. The molecule has 0 aliphatic carbocycles. The fourth-order valence-electron chi connectivity index (χ4n) is 2.69. The molecule has 0 N–H and O–H groups in total. The molecule has 15 heteroatoms. The van der Waals surface area contributed by atoms with Crippen LogP contribution in [0.3, 0.4) is 0 Å². The van der Waals surface area contributed by atoms with E-state index in [1.165, 1.54) is 36.4 Å². The van der Waals surface area contributed by atoms with Crippen LogP contribution in [0.15, 0.2) is 36.4 Å². The van der Waals surface area contributed by atoms with Crippen molar-refractivity contribution >= 4 is 34.6 Å². The molecule has 0 atom stereocenters. The topological polar surface area (TPSA) is 185 Å².